The summed E-state index contributed by atoms with van der Waals surface area (Å²) in [5, 5.41) is 0. The van der Waals surface area contributed by atoms with E-state index in [9.17, 15) is 8.42 Å². The zero-order valence-electron chi connectivity index (χ0n) is 5.91. The van der Waals surface area contributed by atoms with Gasteiger partial charge in [0.05, 0.1) is 6.61 Å². The fourth-order valence-electron chi connectivity index (χ4n) is 0.309. The Morgan fingerprint density at radius 3 is 2.30 bits per heavy atom. The molecule has 0 aromatic rings. The van der Waals surface area contributed by atoms with Gasteiger partial charge in [0.1, 0.15) is 0 Å². The van der Waals surface area contributed by atoms with E-state index in [1.165, 1.54) is 0 Å². The van der Waals surface area contributed by atoms with E-state index in [0.29, 0.717) is 6.42 Å². The van der Waals surface area contributed by atoms with E-state index in [4.69, 9.17) is 4.55 Å². The molecule has 0 radical (unpaired) electrons. The summed E-state index contributed by atoms with van der Waals surface area (Å²) in [5.74, 6) is 0. The molecule has 0 amide bonds. The minimum Gasteiger partial charge on any atom is -0.344 e. The maximum Gasteiger partial charge on any atom is 0.397 e. The molecule has 0 atom stereocenters. The molecular weight excluding hydrogens is 158 g/mol. The average Bonchev–Trinajstić information content (AvgIpc) is 1.63. The minimum atomic E-state index is -4.20. The van der Waals surface area contributed by atoms with Gasteiger partial charge in [0.25, 0.3) is 0 Å². The van der Waals surface area contributed by atoms with Gasteiger partial charge >= 0.3 is 10.4 Å². The van der Waals surface area contributed by atoms with Gasteiger partial charge in [-0.2, -0.15) is 8.42 Å². The van der Waals surface area contributed by atoms with Crippen LogP contribution in [0.1, 0.15) is 19.8 Å². The molecule has 0 bridgehead atoms. The quantitative estimate of drug-likeness (QED) is 0.480. The lowest BCUT2D eigenvalue weighted by molar-refractivity contribution is 0.264. The van der Waals surface area contributed by atoms with Crippen LogP contribution in [0.15, 0.2) is 0 Å². The van der Waals surface area contributed by atoms with Gasteiger partial charge in [0.2, 0.25) is 0 Å². The number of rotatable bonds is 4. The van der Waals surface area contributed by atoms with Crippen molar-refractivity contribution in [2.24, 2.45) is 0 Å². The van der Waals surface area contributed by atoms with Gasteiger partial charge in [-0.3, -0.25) is 4.55 Å². The molecule has 0 aliphatic heterocycles. The second-order valence-electron chi connectivity index (χ2n) is 1.60. The molecular formula is C4H13NO4S. The summed E-state index contributed by atoms with van der Waals surface area (Å²) in [6.45, 7) is 1.96. The summed E-state index contributed by atoms with van der Waals surface area (Å²) in [4.78, 5) is 0. The maximum atomic E-state index is 9.84. The topological polar surface area (TPSA) is 98.6 Å². The fraction of sp³-hybridized carbons (Fsp3) is 1.00. The van der Waals surface area contributed by atoms with E-state index in [1.54, 1.807) is 0 Å². The molecule has 64 valence electrons. The normalized spacial score (nSPS) is 10.6. The Kier molecular flexibility index (Phi) is 7.00. The van der Waals surface area contributed by atoms with E-state index in [0.717, 1.165) is 6.42 Å². The molecule has 0 spiro atoms. The van der Waals surface area contributed by atoms with Crippen LogP contribution in [0.2, 0.25) is 0 Å². The van der Waals surface area contributed by atoms with Gasteiger partial charge in [-0.05, 0) is 6.42 Å². The van der Waals surface area contributed by atoms with Crippen LogP contribution in [-0.2, 0) is 14.6 Å². The number of hydrogen-bond acceptors (Lipinski definition) is 4. The van der Waals surface area contributed by atoms with Crippen molar-refractivity contribution in [1.29, 1.82) is 0 Å². The van der Waals surface area contributed by atoms with Crippen LogP contribution >= 0.6 is 0 Å². The minimum absolute atomic E-state index is 0. The van der Waals surface area contributed by atoms with E-state index in [2.05, 4.69) is 4.18 Å². The summed E-state index contributed by atoms with van der Waals surface area (Å²) < 4.78 is 31.7. The molecule has 0 aromatic heterocycles. The Morgan fingerprint density at radius 1 is 1.50 bits per heavy atom. The molecule has 0 fully saturated rings. The third kappa shape index (κ3) is 10.7. The molecule has 0 unspecified atom stereocenters. The van der Waals surface area contributed by atoms with Crippen LogP contribution in [0, 0.1) is 0 Å². The lowest BCUT2D eigenvalue weighted by Gasteiger charge is -1.95. The predicted molar refractivity (Wildman–Crippen MR) is 37.4 cm³/mol. The van der Waals surface area contributed by atoms with Gasteiger partial charge in [-0.1, -0.05) is 13.3 Å². The van der Waals surface area contributed by atoms with Gasteiger partial charge in [0, 0.05) is 0 Å². The van der Waals surface area contributed by atoms with Crippen molar-refractivity contribution >= 4 is 10.4 Å². The average molecular weight is 171 g/mol. The summed E-state index contributed by atoms with van der Waals surface area (Å²) >= 11 is 0. The van der Waals surface area contributed by atoms with Crippen LogP contribution in [0.25, 0.3) is 0 Å². The summed E-state index contributed by atoms with van der Waals surface area (Å²) in [6.07, 6.45) is 1.48. The van der Waals surface area contributed by atoms with Gasteiger partial charge < -0.3 is 6.15 Å². The Bertz CT molecular complexity index is 153. The van der Waals surface area contributed by atoms with Crippen LogP contribution in [0.5, 0.6) is 0 Å². The zero-order valence-corrected chi connectivity index (χ0v) is 6.73. The van der Waals surface area contributed by atoms with Crippen LogP contribution in [0.4, 0.5) is 0 Å². The standard InChI is InChI=1S/C4H10O4S.H3N/c1-2-3-4-8-9(5,6)7;/h2-4H2,1H3,(H,5,6,7);1H3. The van der Waals surface area contributed by atoms with Crippen molar-refractivity contribution in [2.45, 2.75) is 19.8 Å². The molecule has 0 aromatic carbocycles. The third-order valence-corrected chi connectivity index (χ3v) is 1.19. The first-order valence-electron chi connectivity index (χ1n) is 2.68. The van der Waals surface area contributed by atoms with E-state index < -0.39 is 10.4 Å². The van der Waals surface area contributed by atoms with Crippen LogP contribution in [-0.4, -0.2) is 19.6 Å². The van der Waals surface area contributed by atoms with Crippen LogP contribution < -0.4 is 6.15 Å². The monoisotopic (exact) mass is 171 g/mol. The molecule has 0 heterocycles. The Labute approximate surface area is 60.9 Å². The van der Waals surface area contributed by atoms with Crippen LogP contribution in [0.3, 0.4) is 0 Å². The Hall–Kier alpha value is -0.170. The summed E-state index contributed by atoms with van der Waals surface area (Å²) in [5.41, 5.74) is 0. The molecule has 6 heteroatoms. The molecule has 0 saturated heterocycles. The van der Waals surface area contributed by atoms with E-state index >= 15 is 0 Å². The number of unbranched alkanes of at least 4 members (excludes halogenated alkanes) is 1. The lowest BCUT2D eigenvalue weighted by atomic mass is 10.4. The van der Waals surface area contributed by atoms with Crippen molar-refractivity contribution < 1.29 is 17.2 Å². The molecule has 0 saturated carbocycles. The van der Waals surface area contributed by atoms with Crippen molar-refractivity contribution in [2.75, 3.05) is 6.61 Å². The molecule has 0 aliphatic rings. The second kappa shape index (κ2) is 5.60. The maximum absolute atomic E-state index is 9.84. The van der Waals surface area contributed by atoms with E-state index in [-0.39, 0.29) is 12.8 Å². The first-order chi connectivity index (χ1) is 4.06. The zero-order chi connectivity index (χ0) is 7.33. The molecule has 5 nitrogen and oxygen atoms in total. The molecule has 0 rings (SSSR count). The highest BCUT2D eigenvalue weighted by molar-refractivity contribution is 7.80. The first-order valence-corrected chi connectivity index (χ1v) is 4.04. The Morgan fingerprint density at radius 2 is 2.00 bits per heavy atom. The molecule has 10 heavy (non-hydrogen) atoms. The van der Waals surface area contributed by atoms with Crippen molar-refractivity contribution in [3.63, 3.8) is 0 Å². The molecule has 4 N–H and O–H groups in total. The smallest absolute Gasteiger partial charge is 0.344 e. The number of hydrogen-bond donors (Lipinski definition) is 2. The largest absolute Gasteiger partial charge is 0.397 e. The highest BCUT2D eigenvalue weighted by Crippen LogP contribution is 1.91. The Balaban J connectivity index is 0. The highest BCUT2D eigenvalue weighted by Gasteiger charge is 2.00. The predicted octanol–water partition coefficient (Wildman–Crippen LogP) is 0.768. The van der Waals surface area contributed by atoms with Crippen molar-refractivity contribution in [1.82, 2.24) is 6.15 Å². The van der Waals surface area contributed by atoms with Crippen molar-refractivity contribution in [3.05, 3.63) is 0 Å². The highest BCUT2D eigenvalue weighted by atomic mass is 32.3. The fourth-order valence-corrected chi connectivity index (χ4v) is 0.637. The SMILES string of the molecule is CCCCOS(=O)(=O)O.N. The summed E-state index contributed by atoms with van der Waals surface area (Å²) in [6, 6.07) is 0. The lowest BCUT2D eigenvalue weighted by Crippen LogP contribution is -2.04. The summed E-state index contributed by atoms with van der Waals surface area (Å²) in [7, 11) is -4.20. The first kappa shape index (κ1) is 12.5. The van der Waals surface area contributed by atoms with E-state index in [1.807, 2.05) is 6.92 Å². The third-order valence-electron chi connectivity index (χ3n) is 0.730. The second-order valence-corrected chi connectivity index (χ2v) is 2.69. The van der Waals surface area contributed by atoms with Gasteiger partial charge in [0.15, 0.2) is 0 Å². The molecule has 0 aliphatic carbocycles. The van der Waals surface area contributed by atoms with Gasteiger partial charge in [-0.25, -0.2) is 4.18 Å². The van der Waals surface area contributed by atoms with Gasteiger partial charge in [-0.15, -0.1) is 0 Å². The van der Waals surface area contributed by atoms with Crippen molar-refractivity contribution in [3.8, 4) is 0 Å².